The summed E-state index contributed by atoms with van der Waals surface area (Å²) < 4.78 is 0. The number of benzene rings is 3. The Balaban J connectivity index is 1.95. The molecule has 0 N–H and O–H groups in total. The fraction of sp³-hybridized carbons (Fsp3) is 0. The summed E-state index contributed by atoms with van der Waals surface area (Å²) in [5.74, 6) is 0. The molecular weight excluding hydrogens is 468 g/mol. The average Bonchev–Trinajstić information content (AvgIpc) is 2.68. The minimum Gasteiger partial charge on any atom is -0.248 e. The van der Waals surface area contributed by atoms with Gasteiger partial charge in [-0.05, 0) is 71.8 Å². The summed E-state index contributed by atoms with van der Waals surface area (Å²) in [6.07, 6.45) is 0. The highest BCUT2D eigenvalue weighted by Crippen LogP contribution is 2.36. The molecule has 0 saturated carbocycles. The normalized spacial score (nSPS) is 10.9. The van der Waals surface area contributed by atoms with Crippen molar-refractivity contribution in [2.24, 2.45) is 0 Å². The van der Waals surface area contributed by atoms with E-state index in [4.69, 9.17) is 63.0 Å². The van der Waals surface area contributed by atoms with Gasteiger partial charge in [-0.25, -0.2) is 4.98 Å². The molecule has 0 spiro atoms. The summed E-state index contributed by atoms with van der Waals surface area (Å²) in [6, 6.07) is 22.2. The van der Waals surface area contributed by atoms with Crippen molar-refractivity contribution in [1.82, 2.24) is 4.98 Å². The van der Waals surface area contributed by atoms with E-state index < -0.39 is 0 Å². The molecule has 0 amide bonds. The SMILES string of the molecule is Clc1ccc(-c2cc(-c3ccc(Cl)cc3Cl)nc(-c3ccc(Cl)cc3Cl)c2)cc1. The van der Waals surface area contributed by atoms with Crippen LogP contribution in [-0.2, 0) is 0 Å². The highest BCUT2D eigenvalue weighted by Gasteiger charge is 2.13. The number of pyridine rings is 1. The Morgan fingerprint density at radius 2 is 0.897 bits per heavy atom. The zero-order chi connectivity index (χ0) is 20.5. The fourth-order valence-electron chi connectivity index (χ4n) is 3.01. The molecule has 0 atom stereocenters. The first-order chi connectivity index (χ1) is 13.9. The Kier molecular flexibility index (Phi) is 6.06. The Bertz CT molecular complexity index is 1130. The molecule has 144 valence electrons. The predicted molar refractivity (Wildman–Crippen MR) is 126 cm³/mol. The van der Waals surface area contributed by atoms with Gasteiger partial charge in [0.1, 0.15) is 0 Å². The lowest BCUT2D eigenvalue weighted by atomic mass is 10.00. The van der Waals surface area contributed by atoms with Crippen LogP contribution in [0.25, 0.3) is 33.6 Å². The topological polar surface area (TPSA) is 12.9 Å². The van der Waals surface area contributed by atoms with Crippen LogP contribution in [0.3, 0.4) is 0 Å². The molecule has 1 heterocycles. The maximum absolute atomic E-state index is 6.45. The number of aromatic nitrogens is 1. The molecule has 0 aliphatic carbocycles. The largest absolute Gasteiger partial charge is 0.248 e. The average molecular weight is 480 g/mol. The summed E-state index contributed by atoms with van der Waals surface area (Å²) in [5, 5.41) is 2.84. The number of hydrogen-bond acceptors (Lipinski definition) is 1. The molecule has 4 aromatic rings. The lowest BCUT2D eigenvalue weighted by Gasteiger charge is -2.12. The monoisotopic (exact) mass is 477 g/mol. The van der Waals surface area contributed by atoms with E-state index in [-0.39, 0.29) is 0 Å². The zero-order valence-corrected chi connectivity index (χ0v) is 18.5. The molecule has 4 rings (SSSR count). The van der Waals surface area contributed by atoms with Crippen LogP contribution in [0.1, 0.15) is 0 Å². The Morgan fingerprint density at radius 1 is 0.448 bits per heavy atom. The summed E-state index contributed by atoms with van der Waals surface area (Å²) in [6.45, 7) is 0. The lowest BCUT2D eigenvalue weighted by molar-refractivity contribution is 1.32. The van der Waals surface area contributed by atoms with Gasteiger partial charge in [0.15, 0.2) is 0 Å². The van der Waals surface area contributed by atoms with Crippen molar-refractivity contribution in [3.05, 3.63) is 97.9 Å². The third-order valence-corrected chi connectivity index (χ3v) is 5.76. The maximum Gasteiger partial charge on any atom is 0.0730 e. The molecule has 0 radical (unpaired) electrons. The first-order valence-electron chi connectivity index (χ1n) is 8.59. The second kappa shape index (κ2) is 8.55. The van der Waals surface area contributed by atoms with Gasteiger partial charge in [-0.1, -0.05) is 70.1 Å². The molecule has 29 heavy (non-hydrogen) atoms. The van der Waals surface area contributed by atoms with E-state index >= 15 is 0 Å². The van der Waals surface area contributed by atoms with E-state index in [1.54, 1.807) is 24.3 Å². The molecule has 1 aromatic heterocycles. The maximum atomic E-state index is 6.45. The summed E-state index contributed by atoms with van der Waals surface area (Å²) in [4.78, 5) is 4.82. The van der Waals surface area contributed by atoms with E-state index in [1.165, 1.54) is 0 Å². The first kappa shape index (κ1) is 20.5. The van der Waals surface area contributed by atoms with Gasteiger partial charge in [0.2, 0.25) is 0 Å². The molecular formula is C23H12Cl5N. The summed E-state index contributed by atoms with van der Waals surface area (Å²) in [5.41, 5.74) is 4.92. The van der Waals surface area contributed by atoms with E-state index in [1.807, 2.05) is 48.5 Å². The number of hydrogen-bond donors (Lipinski definition) is 0. The molecule has 0 bridgehead atoms. The zero-order valence-electron chi connectivity index (χ0n) is 14.8. The summed E-state index contributed by atoms with van der Waals surface area (Å²) >= 11 is 31.1. The lowest BCUT2D eigenvalue weighted by Crippen LogP contribution is -1.92. The van der Waals surface area contributed by atoms with Gasteiger partial charge in [-0.15, -0.1) is 0 Å². The van der Waals surface area contributed by atoms with Crippen molar-refractivity contribution >= 4 is 58.0 Å². The van der Waals surface area contributed by atoms with E-state index in [0.29, 0.717) is 36.5 Å². The van der Waals surface area contributed by atoms with Crippen molar-refractivity contribution in [1.29, 1.82) is 0 Å². The minimum absolute atomic E-state index is 0.520. The van der Waals surface area contributed by atoms with Crippen LogP contribution >= 0.6 is 58.0 Å². The van der Waals surface area contributed by atoms with Gasteiger partial charge in [0.05, 0.1) is 21.4 Å². The van der Waals surface area contributed by atoms with Gasteiger partial charge in [0.25, 0.3) is 0 Å². The van der Waals surface area contributed by atoms with Crippen molar-refractivity contribution in [3.8, 4) is 33.6 Å². The van der Waals surface area contributed by atoms with E-state index in [2.05, 4.69) is 0 Å². The van der Waals surface area contributed by atoms with E-state index in [0.717, 1.165) is 22.3 Å². The Labute approximate surface area is 193 Å². The predicted octanol–water partition coefficient (Wildman–Crippen LogP) is 9.35. The Morgan fingerprint density at radius 3 is 1.34 bits per heavy atom. The number of halogens is 5. The molecule has 6 heteroatoms. The van der Waals surface area contributed by atoms with Crippen molar-refractivity contribution < 1.29 is 0 Å². The molecule has 3 aromatic carbocycles. The van der Waals surface area contributed by atoms with Crippen LogP contribution in [0.5, 0.6) is 0 Å². The number of nitrogens with zero attached hydrogens (tertiary/aromatic N) is 1. The van der Waals surface area contributed by atoms with Gasteiger partial charge in [-0.3, -0.25) is 0 Å². The minimum atomic E-state index is 0.520. The van der Waals surface area contributed by atoms with Gasteiger partial charge < -0.3 is 0 Å². The van der Waals surface area contributed by atoms with Crippen LogP contribution in [0.15, 0.2) is 72.8 Å². The highest BCUT2D eigenvalue weighted by molar-refractivity contribution is 6.37. The van der Waals surface area contributed by atoms with Crippen LogP contribution in [-0.4, -0.2) is 4.98 Å². The van der Waals surface area contributed by atoms with Crippen molar-refractivity contribution in [2.45, 2.75) is 0 Å². The second-order valence-electron chi connectivity index (χ2n) is 6.38. The van der Waals surface area contributed by atoms with E-state index in [9.17, 15) is 0 Å². The molecule has 0 saturated heterocycles. The molecule has 0 unspecified atom stereocenters. The number of rotatable bonds is 3. The second-order valence-corrected chi connectivity index (χ2v) is 8.51. The molecule has 0 aliphatic rings. The molecule has 1 nitrogen and oxygen atoms in total. The van der Waals surface area contributed by atoms with Crippen LogP contribution < -0.4 is 0 Å². The molecule has 0 fully saturated rings. The van der Waals surface area contributed by atoms with Crippen LogP contribution in [0, 0.1) is 0 Å². The van der Waals surface area contributed by atoms with Gasteiger partial charge in [0, 0.05) is 26.2 Å². The fourth-order valence-corrected chi connectivity index (χ4v) is 4.15. The third kappa shape index (κ3) is 4.55. The third-order valence-electron chi connectivity index (χ3n) is 4.42. The molecule has 0 aliphatic heterocycles. The van der Waals surface area contributed by atoms with Gasteiger partial charge in [-0.2, -0.15) is 0 Å². The summed E-state index contributed by atoms with van der Waals surface area (Å²) in [7, 11) is 0. The smallest absolute Gasteiger partial charge is 0.0730 e. The van der Waals surface area contributed by atoms with Crippen molar-refractivity contribution in [3.63, 3.8) is 0 Å². The highest BCUT2D eigenvalue weighted by atomic mass is 35.5. The Hall–Kier alpha value is -1.74. The standard InChI is InChI=1S/C23H12Cl5N/c24-15-3-1-13(2-4-15)14-9-22(18-7-5-16(25)11-20(18)27)29-23(10-14)19-8-6-17(26)12-21(19)28/h1-12H. The van der Waals surface area contributed by atoms with Gasteiger partial charge >= 0.3 is 0 Å². The first-order valence-corrected chi connectivity index (χ1v) is 10.5. The van der Waals surface area contributed by atoms with Crippen LogP contribution in [0.4, 0.5) is 0 Å². The van der Waals surface area contributed by atoms with Crippen molar-refractivity contribution in [2.75, 3.05) is 0 Å². The quantitative estimate of drug-likeness (QED) is 0.285. The van der Waals surface area contributed by atoms with Crippen LogP contribution in [0.2, 0.25) is 25.1 Å².